The van der Waals surface area contributed by atoms with Crippen molar-refractivity contribution < 1.29 is 14.3 Å². The van der Waals surface area contributed by atoms with Crippen molar-refractivity contribution in [1.29, 1.82) is 0 Å². The molecule has 3 rings (SSSR count). The molecule has 2 N–H and O–H groups in total. The molecular formula is C19H20ClN3O3. The zero-order chi connectivity index (χ0) is 18.5. The van der Waals surface area contributed by atoms with E-state index in [4.69, 9.17) is 16.3 Å². The zero-order valence-corrected chi connectivity index (χ0v) is 15.1. The van der Waals surface area contributed by atoms with Crippen molar-refractivity contribution in [3.8, 4) is 0 Å². The van der Waals surface area contributed by atoms with E-state index in [-0.39, 0.29) is 18.6 Å². The molecule has 1 fully saturated rings. The van der Waals surface area contributed by atoms with Crippen LogP contribution < -0.4 is 10.6 Å². The van der Waals surface area contributed by atoms with Gasteiger partial charge in [0.25, 0.3) is 0 Å². The van der Waals surface area contributed by atoms with E-state index in [9.17, 15) is 9.59 Å². The summed E-state index contributed by atoms with van der Waals surface area (Å²) in [6.45, 7) is 1.13. The van der Waals surface area contributed by atoms with Gasteiger partial charge in [-0.1, -0.05) is 35.9 Å². The third kappa shape index (κ3) is 4.74. The first-order chi connectivity index (χ1) is 12.5. The lowest BCUT2D eigenvalue weighted by atomic mass is 10.0. The van der Waals surface area contributed by atoms with E-state index < -0.39 is 6.09 Å². The molecule has 2 aromatic rings. The Balaban J connectivity index is 1.52. The van der Waals surface area contributed by atoms with Gasteiger partial charge in [-0.15, -0.1) is 0 Å². The van der Waals surface area contributed by atoms with Crippen molar-refractivity contribution in [2.75, 3.05) is 25.5 Å². The number of hydrogen-bond donors (Lipinski definition) is 2. The summed E-state index contributed by atoms with van der Waals surface area (Å²) in [4.78, 5) is 25.3. The summed E-state index contributed by atoms with van der Waals surface area (Å²) in [5, 5.41) is 6.21. The Labute approximate surface area is 157 Å². The first kappa shape index (κ1) is 18.2. The number of halogens is 1. The smallest absolute Gasteiger partial charge is 0.411 e. The average Bonchev–Trinajstić information content (AvgIpc) is 2.62. The molecule has 1 aliphatic heterocycles. The number of amides is 2. The molecular weight excluding hydrogens is 354 g/mol. The van der Waals surface area contributed by atoms with Crippen molar-refractivity contribution in [3.05, 3.63) is 64.7 Å². The minimum atomic E-state index is -0.519. The number of rotatable bonds is 4. The van der Waals surface area contributed by atoms with E-state index in [1.807, 2.05) is 48.3 Å². The lowest BCUT2D eigenvalue weighted by Gasteiger charge is -2.32. The molecule has 2 amide bonds. The maximum atomic E-state index is 11.9. The minimum absolute atomic E-state index is 0.0328. The Morgan fingerprint density at radius 1 is 1.23 bits per heavy atom. The van der Waals surface area contributed by atoms with Crippen molar-refractivity contribution in [3.63, 3.8) is 0 Å². The van der Waals surface area contributed by atoms with Crippen LogP contribution in [-0.4, -0.2) is 37.0 Å². The highest BCUT2D eigenvalue weighted by atomic mass is 35.5. The highest BCUT2D eigenvalue weighted by Crippen LogP contribution is 2.22. The first-order valence-corrected chi connectivity index (χ1v) is 8.64. The maximum Gasteiger partial charge on any atom is 0.411 e. The van der Waals surface area contributed by atoms with Gasteiger partial charge in [0, 0.05) is 17.3 Å². The van der Waals surface area contributed by atoms with Crippen LogP contribution in [0.15, 0.2) is 48.5 Å². The molecule has 0 radical (unpaired) electrons. The molecule has 0 spiro atoms. The fourth-order valence-electron chi connectivity index (χ4n) is 2.80. The third-order valence-corrected chi connectivity index (χ3v) is 4.49. The number of benzene rings is 2. The fraction of sp³-hybridized carbons (Fsp3) is 0.263. The summed E-state index contributed by atoms with van der Waals surface area (Å²) in [5.74, 6) is 0.0328. The monoisotopic (exact) mass is 373 g/mol. The van der Waals surface area contributed by atoms with Gasteiger partial charge in [-0.25, -0.2) is 4.79 Å². The van der Waals surface area contributed by atoms with Crippen LogP contribution in [0.2, 0.25) is 5.02 Å². The molecule has 0 saturated carbocycles. The number of nitrogens with one attached hydrogen (secondary N) is 2. The summed E-state index contributed by atoms with van der Waals surface area (Å²) in [6.07, 6.45) is -0.519. The summed E-state index contributed by atoms with van der Waals surface area (Å²) in [7, 11) is 1.92. The SMILES string of the molecule is CN1CC(=O)NC[C@@H]1c1ccc(NC(=O)OCc2ccc(Cl)cc2)cc1. The molecule has 6 nitrogen and oxygen atoms in total. The highest BCUT2D eigenvalue weighted by molar-refractivity contribution is 6.30. The Morgan fingerprint density at radius 3 is 2.58 bits per heavy atom. The van der Waals surface area contributed by atoms with Crippen LogP contribution in [0.1, 0.15) is 17.2 Å². The highest BCUT2D eigenvalue weighted by Gasteiger charge is 2.24. The van der Waals surface area contributed by atoms with Gasteiger partial charge in [-0.2, -0.15) is 0 Å². The number of nitrogens with zero attached hydrogens (tertiary/aromatic N) is 1. The molecule has 0 aliphatic carbocycles. The van der Waals surface area contributed by atoms with Crippen LogP contribution in [0.25, 0.3) is 0 Å². The number of likely N-dealkylation sites (N-methyl/N-ethyl adjacent to an activating group) is 1. The molecule has 1 heterocycles. The number of carbonyl (C=O) groups excluding carboxylic acids is 2. The van der Waals surface area contributed by atoms with Gasteiger partial charge < -0.3 is 10.1 Å². The standard InChI is InChI=1S/C19H20ClN3O3/c1-23-11-18(24)21-10-17(23)14-4-8-16(9-5-14)22-19(25)26-12-13-2-6-15(20)7-3-13/h2-9,17H,10-12H2,1H3,(H,21,24)(H,22,25)/t17-/m1/s1. The summed E-state index contributed by atoms with van der Waals surface area (Å²) >= 11 is 5.82. The van der Waals surface area contributed by atoms with E-state index in [0.29, 0.717) is 23.8 Å². The quantitative estimate of drug-likeness (QED) is 0.863. The molecule has 26 heavy (non-hydrogen) atoms. The zero-order valence-electron chi connectivity index (χ0n) is 14.4. The summed E-state index contributed by atoms with van der Waals surface area (Å²) in [6, 6.07) is 14.8. The van der Waals surface area contributed by atoms with Crippen LogP contribution in [0.3, 0.4) is 0 Å². The van der Waals surface area contributed by atoms with Crippen LogP contribution in [-0.2, 0) is 16.1 Å². The van der Waals surface area contributed by atoms with E-state index in [1.54, 1.807) is 12.1 Å². The van der Waals surface area contributed by atoms with Crippen LogP contribution in [0, 0.1) is 0 Å². The molecule has 1 saturated heterocycles. The number of hydrogen-bond acceptors (Lipinski definition) is 4. The normalized spacial score (nSPS) is 17.5. The van der Waals surface area contributed by atoms with Gasteiger partial charge in [-0.3, -0.25) is 15.0 Å². The lowest BCUT2D eigenvalue weighted by Crippen LogP contribution is -2.47. The molecule has 1 atom stereocenters. The van der Waals surface area contributed by atoms with Crippen LogP contribution >= 0.6 is 11.6 Å². The molecule has 1 aliphatic rings. The van der Waals surface area contributed by atoms with E-state index in [2.05, 4.69) is 10.6 Å². The second kappa shape index (κ2) is 8.21. The van der Waals surface area contributed by atoms with Gasteiger partial charge in [0.15, 0.2) is 0 Å². The van der Waals surface area contributed by atoms with Gasteiger partial charge in [0.05, 0.1) is 12.6 Å². The molecule has 7 heteroatoms. The summed E-state index contributed by atoms with van der Waals surface area (Å²) < 4.78 is 5.20. The summed E-state index contributed by atoms with van der Waals surface area (Å²) in [5.41, 5.74) is 2.59. The van der Waals surface area contributed by atoms with Crippen molar-refractivity contribution in [1.82, 2.24) is 10.2 Å². The van der Waals surface area contributed by atoms with Crippen molar-refractivity contribution in [2.45, 2.75) is 12.6 Å². The van der Waals surface area contributed by atoms with E-state index >= 15 is 0 Å². The van der Waals surface area contributed by atoms with Crippen LogP contribution in [0.5, 0.6) is 0 Å². The fourth-order valence-corrected chi connectivity index (χ4v) is 2.93. The number of anilines is 1. The average molecular weight is 374 g/mol. The maximum absolute atomic E-state index is 11.9. The Hall–Kier alpha value is -2.57. The van der Waals surface area contributed by atoms with Crippen molar-refractivity contribution in [2.24, 2.45) is 0 Å². The predicted molar refractivity (Wildman–Crippen MR) is 100 cm³/mol. The van der Waals surface area contributed by atoms with E-state index in [0.717, 1.165) is 11.1 Å². The Bertz CT molecular complexity index is 778. The van der Waals surface area contributed by atoms with Gasteiger partial charge in [-0.05, 0) is 42.4 Å². The van der Waals surface area contributed by atoms with Crippen LogP contribution in [0.4, 0.5) is 10.5 Å². The molecule has 2 aromatic carbocycles. The molecule has 0 unspecified atom stereocenters. The topological polar surface area (TPSA) is 70.7 Å². The number of carbonyl (C=O) groups is 2. The van der Waals surface area contributed by atoms with Crippen molar-refractivity contribution >= 4 is 29.3 Å². The van der Waals surface area contributed by atoms with Gasteiger partial charge >= 0.3 is 6.09 Å². The number of piperazine rings is 1. The second-order valence-corrected chi connectivity index (χ2v) is 6.62. The largest absolute Gasteiger partial charge is 0.444 e. The second-order valence-electron chi connectivity index (χ2n) is 6.18. The van der Waals surface area contributed by atoms with Gasteiger partial charge in [0.1, 0.15) is 6.61 Å². The minimum Gasteiger partial charge on any atom is -0.444 e. The molecule has 0 aromatic heterocycles. The van der Waals surface area contributed by atoms with E-state index in [1.165, 1.54) is 0 Å². The molecule has 0 bridgehead atoms. The Morgan fingerprint density at radius 2 is 1.92 bits per heavy atom. The third-order valence-electron chi connectivity index (χ3n) is 4.24. The predicted octanol–water partition coefficient (Wildman–Crippen LogP) is 3.19. The first-order valence-electron chi connectivity index (χ1n) is 8.26. The lowest BCUT2D eigenvalue weighted by molar-refractivity contribution is -0.125. The molecule has 136 valence electrons. The Kier molecular flexibility index (Phi) is 5.75. The number of ether oxygens (including phenoxy) is 1. The van der Waals surface area contributed by atoms with Gasteiger partial charge in [0.2, 0.25) is 5.91 Å².